The van der Waals surface area contributed by atoms with Crippen LogP contribution in [0.5, 0.6) is 11.5 Å². The second-order valence-electron chi connectivity index (χ2n) is 6.62. The minimum atomic E-state index is -0.215. The highest BCUT2D eigenvalue weighted by atomic mass is 32.2. The molecule has 5 nitrogen and oxygen atoms in total. The van der Waals surface area contributed by atoms with Gasteiger partial charge in [0.25, 0.3) is 5.91 Å². The van der Waals surface area contributed by atoms with E-state index in [0.717, 1.165) is 16.4 Å². The molecule has 1 aliphatic heterocycles. The topological polar surface area (TPSA) is 55.8 Å². The van der Waals surface area contributed by atoms with Gasteiger partial charge in [0, 0.05) is 23.5 Å². The predicted molar refractivity (Wildman–Crippen MR) is 110 cm³/mol. The maximum Gasteiger partial charge on any atom is 0.314 e. The zero-order valence-electron chi connectivity index (χ0n) is 16.2. The quantitative estimate of drug-likeness (QED) is 0.413. The van der Waals surface area contributed by atoms with Crippen molar-refractivity contribution in [2.45, 2.75) is 24.7 Å². The van der Waals surface area contributed by atoms with Gasteiger partial charge in [0.05, 0.1) is 13.0 Å². The number of ether oxygens (including phenoxy) is 2. The maximum atomic E-state index is 12.6. The van der Waals surface area contributed by atoms with Crippen LogP contribution in [0.3, 0.4) is 0 Å². The summed E-state index contributed by atoms with van der Waals surface area (Å²) in [4.78, 5) is 28.0. The fraction of sp³-hybridized carbons (Fsp3) is 0.364. The third-order valence-electron chi connectivity index (χ3n) is 4.81. The molecule has 0 aliphatic carbocycles. The van der Waals surface area contributed by atoms with Gasteiger partial charge in [0.2, 0.25) is 0 Å². The van der Waals surface area contributed by atoms with Crippen LogP contribution >= 0.6 is 11.8 Å². The largest absolute Gasteiger partial charge is 0.497 e. The number of carbonyl (C=O) groups is 2. The van der Waals surface area contributed by atoms with E-state index in [1.54, 1.807) is 48.0 Å². The van der Waals surface area contributed by atoms with E-state index >= 15 is 0 Å². The number of esters is 1. The molecule has 0 unspecified atom stereocenters. The van der Waals surface area contributed by atoms with E-state index in [1.165, 1.54) is 0 Å². The molecule has 0 spiro atoms. The van der Waals surface area contributed by atoms with Crippen molar-refractivity contribution in [2.75, 3.05) is 26.0 Å². The van der Waals surface area contributed by atoms with Crippen LogP contribution in [0.2, 0.25) is 0 Å². The summed E-state index contributed by atoms with van der Waals surface area (Å²) in [6.45, 7) is 3.21. The highest BCUT2D eigenvalue weighted by molar-refractivity contribution is 7.99. The Balaban J connectivity index is 1.51. The van der Waals surface area contributed by atoms with Gasteiger partial charge in [-0.05, 0) is 67.1 Å². The van der Waals surface area contributed by atoms with Gasteiger partial charge in [-0.15, -0.1) is 11.8 Å². The van der Waals surface area contributed by atoms with Gasteiger partial charge in [-0.2, -0.15) is 0 Å². The van der Waals surface area contributed by atoms with Crippen molar-refractivity contribution in [3.8, 4) is 11.5 Å². The number of hydrogen-bond acceptors (Lipinski definition) is 5. The Morgan fingerprint density at radius 1 is 1.00 bits per heavy atom. The van der Waals surface area contributed by atoms with Crippen LogP contribution in [0.4, 0.5) is 0 Å². The van der Waals surface area contributed by atoms with E-state index in [2.05, 4.69) is 6.92 Å². The average Bonchev–Trinajstić information content (AvgIpc) is 2.75. The van der Waals surface area contributed by atoms with Gasteiger partial charge < -0.3 is 14.4 Å². The highest BCUT2D eigenvalue weighted by Crippen LogP contribution is 2.24. The first-order valence-corrected chi connectivity index (χ1v) is 10.5. The van der Waals surface area contributed by atoms with Gasteiger partial charge in [0.15, 0.2) is 0 Å². The van der Waals surface area contributed by atoms with E-state index in [0.29, 0.717) is 37.2 Å². The molecule has 1 heterocycles. The molecule has 0 aromatic heterocycles. The van der Waals surface area contributed by atoms with Crippen LogP contribution in [0, 0.1) is 5.92 Å². The van der Waals surface area contributed by atoms with Crippen molar-refractivity contribution < 1.29 is 19.1 Å². The fourth-order valence-corrected chi connectivity index (χ4v) is 3.87. The lowest BCUT2D eigenvalue weighted by atomic mass is 9.96. The van der Waals surface area contributed by atoms with Crippen molar-refractivity contribution in [1.82, 2.24) is 4.90 Å². The number of benzene rings is 2. The molecular weight excluding hydrogens is 374 g/mol. The number of hydrogen-bond donors (Lipinski definition) is 0. The SMILES string of the molecule is CCSc1ccc(OC(=O)C2CCN(C(=O)c3ccc(OC)cc3)CC2)cc1. The minimum Gasteiger partial charge on any atom is -0.497 e. The lowest BCUT2D eigenvalue weighted by molar-refractivity contribution is -0.140. The van der Waals surface area contributed by atoms with Gasteiger partial charge in [0.1, 0.15) is 11.5 Å². The monoisotopic (exact) mass is 399 g/mol. The van der Waals surface area contributed by atoms with E-state index < -0.39 is 0 Å². The van der Waals surface area contributed by atoms with Crippen LogP contribution in [0.1, 0.15) is 30.1 Å². The molecule has 1 saturated heterocycles. The Kier molecular flexibility index (Phi) is 6.98. The third-order valence-corrected chi connectivity index (χ3v) is 5.70. The summed E-state index contributed by atoms with van der Waals surface area (Å²) >= 11 is 1.75. The molecule has 0 radical (unpaired) electrons. The molecule has 148 valence electrons. The van der Waals surface area contributed by atoms with Crippen LogP contribution in [0.25, 0.3) is 0 Å². The first-order chi connectivity index (χ1) is 13.6. The summed E-state index contributed by atoms with van der Waals surface area (Å²) in [5.41, 5.74) is 0.631. The average molecular weight is 400 g/mol. The summed E-state index contributed by atoms with van der Waals surface area (Å²) < 4.78 is 10.7. The van der Waals surface area contributed by atoms with Gasteiger partial charge >= 0.3 is 5.97 Å². The molecule has 2 aromatic carbocycles. The number of nitrogens with zero attached hydrogens (tertiary/aromatic N) is 1. The normalized spacial score (nSPS) is 14.6. The summed E-state index contributed by atoms with van der Waals surface area (Å²) in [6, 6.07) is 14.7. The molecule has 0 saturated carbocycles. The molecule has 1 amide bonds. The molecule has 1 fully saturated rings. The maximum absolute atomic E-state index is 12.6. The minimum absolute atomic E-state index is 0.0153. The first-order valence-electron chi connectivity index (χ1n) is 9.48. The third kappa shape index (κ3) is 5.07. The molecule has 3 rings (SSSR count). The Hall–Kier alpha value is -2.47. The summed E-state index contributed by atoms with van der Waals surface area (Å²) in [5, 5.41) is 0. The zero-order valence-corrected chi connectivity index (χ0v) is 17.0. The van der Waals surface area contributed by atoms with E-state index in [1.807, 2.05) is 24.3 Å². The van der Waals surface area contributed by atoms with Crippen molar-refractivity contribution in [1.29, 1.82) is 0 Å². The van der Waals surface area contributed by atoms with Gasteiger partial charge in [-0.25, -0.2) is 0 Å². The lowest BCUT2D eigenvalue weighted by Gasteiger charge is -2.31. The highest BCUT2D eigenvalue weighted by Gasteiger charge is 2.29. The van der Waals surface area contributed by atoms with Crippen LogP contribution in [-0.2, 0) is 4.79 Å². The first kappa shape index (κ1) is 20.3. The fourth-order valence-electron chi connectivity index (χ4n) is 3.20. The second kappa shape index (κ2) is 9.64. The molecule has 0 atom stereocenters. The van der Waals surface area contributed by atoms with Crippen molar-refractivity contribution in [3.63, 3.8) is 0 Å². The Morgan fingerprint density at radius 3 is 2.18 bits per heavy atom. The van der Waals surface area contributed by atoms with Crippen LogP contribution in [0.15, 0.2) is 53.4 Å². The van der Waals surface area contributed by atoms with E-state index in [-0.39, 0.29) is 17.8 Å². The van der Waals surface area contributed by atoms with Crippen molar-refractivity contribution in [3.05, 3.63) is 54.1 Å². The molecule has 0 N–H and O–H groups in total. The number of amides is 1. The number of piperidine rings is 1. The number of thioether (sulfide) groups is 1. The van der Waals surface area contributed by atoms with Crippen LogP contribution in [-0.4, -0.2) is 42.7 Å². The van der Waals surface area contributed by atoms with Gasteiger partial charge in [-0.3, -0.25) is 9.59 Å². The Labute approximate surface area is 170 Å². The zero-order chi connectivity index (χ0) is 19.9. The van der Waals surface area contributed by atoms with E-state index in [9.17, 15) is 9.59 Å². The molecule has 1 aliphatic rings. The lowest BCUT2D eigenvalue weighted by Crippen LogP contribution is -2.41. The predicted octanol–water partition coefficient (Wildman–Crippen LogP) is 4.27. The van der Waals surface area contributed by atoms with Gasteiger partial charge in [-0.1, -0.05) is 6.92 Å². The summed E-state index contributed by atoms with van der Waals surface area (Å²) in [6.07, 6.45) is 1.23. The summed E-state index contributed by atoms with van der Waals surface area (Å²) in [7, 11) is 1.60. The van der Waals surface area contributed by atoms with Crippen molar-refractivity contribution in [2.24, 2.45) is 5.92 Å². The van der Waals surface area contributed by atoms with Crippen LogP contribution < -0.4 is 9.47 Å². The number of methoxy groups -OCH3 is 1. The van der Waals surface area contributed by atoms with E-state index in [4.69, 9.17) is 9.47 Å². The second-order valence-corrected chi connectivity index (χ2v) is 7.96. The Bertz CT molecular complexity index is 796. The number of likely N-dealkylation sites (tertiary alicyclic amines) is 1. The molecule has 2 aromatic rings. The van der Waals surface area contributed by atoms with Crippen molar-refractivity contribution >= 4 is 23.6 Å². The standard InChI is InChI=1S/C22H25NO4S/c1-3-28-20-10-8-19(9-11-20)27-22(25)17-12-14-23(15-13-17)21(24)16-4-6-18(26-2)7-5-16/h4-11,17H,3,12-15H2,1-2H3. The summed E-state index contributed by atoms with van der Waals surface area (Å²) in [5.74, 6) is 1.89. The molecule has 0 bridgehead atoms. The smallest absolute Gasteiger partial charge is 0.314 e. The number of rotatable bonds is 6. The molecule has 6 heteroatoms. The number of carbonyl (C=O) groups excluding carboxylic acids is 2. The molecule has 28 heavy (non-hydrogen) atoms. The molecular formula is C22H25NO4S. The Morgan fingerprint density at radius 2 is 1.61 bits per heavy atom.